The second kappa shape index (κ2) is 7.60. The Labute approximate surface area is 126 Å². The number of rotatable bonds is 6. The SMILES string of the molecule is CC(N)CCNC(=O)C(c1ccccc1)c1ccccc1. The van der Waals surface area contributed by atoms with E-state index in [-0.39, 0.29) is 17.9 Å². The number of hydrogen-bond donors (Lipinski definition) is 2. The van der Waals surface area contributed by atoms with Crippen molar-refractivity contribution in [1.82, 2.24) is 5.32 Å². The fourth-order valence-electron chi connectivity index (χ4n) is 2.31. The van der Waals surface area contributed by atoms with Gasteiger partial charge in [-0.05, 0) is 24.5 Å². The molecule has 0 bridgehead atoms. The Morgan fingerprint density at radius 2 is 1.48 bits per heavy atom. The molecule has 2 aromatic carbocycles. The molecule has 1 amide bonds. The quantitative estimate of drug-likeness (QED) is 0.856. The lowest BCUT2D eigenvalue weighted by Gasteiger charge is -2.18. The number of hydrogen-bond acceptors (Lipinski definition) is 2. The van der Waals surface area contributed by atoms with E-state index in [2.05, 4.69) is 5.32 Å². The molecule has 1 unspecified atom stereocenters. The molecule has 2 aromatic rings. The minimum absolute atomic E-state index is 0.0213. The third-order valence-electron chi connectivity index (χ3n) is 3.43. The summed E-state index contributed by atoms with van der Waals surface area (Å²) in [6, 6.07) is 19.8. The van der Waals surface area contributed by atoms with Crippen LogP contribution in [-0.2, 0) is 4.79 Å². The molecule has 0 aromatic heterocycles. The highest BCUT2D eigenvalue weighted by Gasteiger charge is 2.21. The maximum Gasteiger partial charge on any atom is 0.232 e. The van der Waals surface area contributed by atoms with E-state index < -0.39 is 0 Å². The molecule has 0 aliphatic heterocycles. The molecule has 0 spiro atoms. The van der Waals surface area contributed by atoms with E-state index in [1.807, 2.05) is 67.6 Å². The van der Waals surface area contributed by atoms with Crippen LogP contribution in [0, 0.1) is 0 Å². The van der Waals surface area contributed by atoms with Gasteiger partial charge in [-0.15, -0.1) is 0 Å². The Hall–Kier alpha value is -2.13. The second-order valence-electron chi connectivity index (χ2n) is 5.31. The molecule has 3 heteroatoms. The summed E-state index contributed by atoms with van der Waals surface area (Å²) in [6.07, 6.45) is 0.780. The molecule has 3 N–H and O–H groups in total. The van der Waals surface area contributed by atoms with E-state index in [9.17, 15) is 4.79 Å². The lowest BCUT2D eigenvalue weighted by Crippen LogP contribution is -2.33. The molecule has 0 fully saturated rings. The smallest absolute Gasteiger partial charge is 0.232 e. The Morgan fingerprint density at radius 1 is 1.00 bits per heavy atom. The van der Waals surface area contributed by atoms with Crippen LogP contribution in [0.1, 0.15) is 30.4 Å². The van der Waals surface area contributed by atoms with Crippen molar-refractivity contribution in [2.24, 2.45) is 5.73 Å². The molecule has 0 heterocycles. The number of nitrogens with one attached hydrogen (secondary N) is 1. The molecule has 0 saturated heterocycles. The molecule has 0 radical (unpaired) electrons. The van der Waals surface area contributed by atoms with Gasteiger partial charge in [-0.25, -0.2) is 0 Å². The summed E-state index contributed by atoms with van der Waals surface area (Å²) < 4.78 is 0. The largest absolute Gasteiger partial charge is 0.355 e. The highest BCUT2D eigenvalue weighted by Crippen LogP contribution is 2.24. The van der Waals surface area contributed by atoms with Crippen LogP contribution >= 0.6 is 0 Å². The molecule has 0 saturated carbocycles. The first kappa shape index (κ1) is 15.3. The molecular weight excluding hydrogens is 260 g/mol. The molecule has 21 heavy (non-hydrogen) atoms. The highest BCUT2D eigenvalue weighted by molar-refractivity contribution is 5.87. The van der Waals surface area contributed by atoms with Crippen molar-refractivity contribution in [3.05, 3.63) is 71.8 Å². The van der Waals surface area contributed by atoms with Gasteiger partial charge in [-0.1, -0.05) is 60.7 Å². The number of carbonyl (C=O) groups is 1. The Kier molecular flexibility index (Phi) is 5.52. The zero-order chi connectivity index (χ0) is 15.1. The van der Waals surface area contributed by atoms with Crippen LogP contribution in [0.3, 0.4) is 0 Å². The van der Waals surface area contributed by atoms with Gasteiger partial charge in [0.1, 0.15) is 0 Å². The molecule has 110 valence electrons. The van der Waals surface area contributed by atoms with Crippen molar-refractivity contribution in [2.75, 3.05) is 6.54 Å². The van der Waals surface area contributed by atoms with Gasteiger partial charge in [0, 0.05) is 12.6 Å². The number of nitrogens with two attached hydrogens (primary N) is 1. The van der Waals surface area contributed by atoms with Crippen molar-refractivity contribution in [2.45, 2.75) is 25.3 Å². The van der Waals surface area contributed by atoms with Crippen LogP contribution in [-0.4, -0.2) is 18.5 Å². The molecular formula is C18H22N2O. The van der Waals surface area contributed by atoms with Crippen molar-refractivity contribution in [1.29, 1.82) is 0 Å². The number of carbonyl (C=O) groups excluding carboxylic acids is 1. The molecule has 0 aliphatic carbocycles. The topological polar surface area (TPSA) is 55.1 Å². The van der Waals surface area contributed by atoms with E-state index in [0.29, 0.717) is 6.54 Å². The highest BCUT2D eigenvalue weighted by atomic mass is 16.1. The average Bonchev–Trinajstić information content (AvgIpc) is 2.49. The van der Waals surface area contributed by atoms with Crippen LogP contribution in [0.15, 0.2) is 60.7 Å². The predicted molar refractivity (Wildman–Crippen MR) is 86.0 cm³/mol. The normalized spacial score (nSPS) is 12.1. The summed E-state index contributed by atoms with van der Waals surface area (Å²) in [6.45, 7) is 2.55. The van der Waals surface area contributed by atoms with Crippen molar-refractivity contribution >= 4 is 5.91 Å². The van der Waals surface area contributed by atoms with E-state index in [1.54, 1.807) is 0 Å². The third kappa shape index (κ3) is 4.43. The number of benzene rings is 2. The standard InChI is InChI=1S/C18H22N2O/c1-14(19)12-13-20-18(21)17(15-8-4-2-5-9-15)16-10-6-3-7-11-16/h2-11,14,17H,12-13,19H2,1H3,(H,20,21). The van der Waals surface area contributed by atoms with Gasteiger partial charge in [0.05, 0.1) is 5.92 Å². The maximum atomic E-state index is 12.6. The maximum absolute atomic E-state index is 12.6. The van der Waals surface area contributed by atoms with E-state index in [0.717, 1.165) is 17.5 Å². The van der Waals surface area contributed by atoms with Gasteiger partial charge in [0.25, 0.3) is 0 Å². The first-order valence-corrected chi connectivity index (χ1v) is 7.31. The third-order valence-corrected chi connectivity index (χ3v) is 3.43. The van der Waals surface area contributed by atoms with E-state index >= 15 is 0 Å². The van der Waals surface area contributed by atoms with Crippen LogP contribution in [0.25, 0.3) is 0 Å². The lowest BCUT2D eigenvalue weighted by atomic mass is 9.90. The Bertz CT molecular complexity index is 512. The summed E-state index contributed by atoms with van der Waals surface area (Å²) in [7, 11) is 0. The summed E-state index contributed by atoms with van der Waals surface area (Å²) in [4.78, 5) is 12.6. The van der Waals surface area contributed by atoms with Gasteiger partial charge in [0.2, 0.25) is 5.91 Å². The minimum atomic E-state index is -0.277. The average molecular weight is 282 g/mol. The van der Waals surface area contributed by atoms with Crippen LogP contribution < -0.4 is 11.1 Å². The van der Waals surface area contributed by atoms with Crippen molar-refractivity contribution in [3.8, 4) is 0 Å². The van der Waals surface area contributed by atoms with Crippen LogP contribution in [0.2, 0.25) is 0 Å². The fraction of sp³-hybridized carbons (Fsp3) is 0.278. The van der Waals surface area contributed by atoms with Crippen LogP contribution in [0.5, 0.6) is 0 Å². The fourth-order valence-corrected chi connectivity index (χ4v) is 2.31. The minimum Gasteiger partial charge on any atom is -0.355 e. The zero-order valence-corrected chi connectivity index (χ0v) is 12.3. The Morgan fingerprint density at radius 3 is 1.90 bits per heavy atom. The van der Waals surface area contributed by atoms with Crippen molar-refractivity contribution in [3.63, 3.8) is 0 Å². The van der Waals surface area contributed by atoms with Crippen molar-refractivity contribution < 1.29 is 4.79 Å². The first-order chi connectivity index (χ1) is 10.2. The van der Waals surface area contributed by atoms with Gasteiger partial charge >= 0.3 is 0 Å². The molecule has 1 atom stereocenters. The van der Waals surface area contributed by atoms with Gasteiger partial charge in [-0.3, -0.25) is 4.79 Å². The van der Waals surface area contributed by atoms with Gasteiger partial charge in [-0.2, -0.15) is 0 Å². The summed E-state index contributed by atoms with van der Waals surface area (Å²) in [5.74, 6) is -0.256. The lowest BCUT2D eigenvalue weighted by molar-refractivity contribution is -0.121. The summed E-state index contributed by atoms with van der Waals surface area (Å²) >= 11 is 0. The van der Waals surface area contributed by atoms with Gasteiger partial charge in [0.15, 0.2) is 0 Å². The second-order valence-corrected chi connectivity index (χ2v) is 5.31. The molecule has 3 nitrogen and oxygen atoms in total. The molecule has 0 aliphatic rings. The number of amides is 1. The van der Waals surface area contributed by atoms with E-state index in [4.69, 9.17) is 5.73 Å². The summed E-state index contributed by atoms with van der Waals surface area (Å²) in [5.41, 5.74) is 7.73. The zero-order valence-electron chi connectivity index (χ0n) is 12.3. The van der Waals surface area contributed by atoms with Gasteiger partial charge < -0.3 is 11.1 Å². The first-order valence-electron chi connectivity index (χ1n) is 7.31. The predicted octanol–water partition coefficient (Wildman–Crippen LogP) is 2.67. The van der Waals surface area contributed by atoms with Crippen LogP contribution in [0.4, 0.5) is 0 Å². The Balaban J connectivity index is 2.19. The monoisotopic (exact) mass is 282 g/mol. The van der Waals surface area contributed by atoms with E-state index in [1.165, 1.54) is 0 Å². The summed E-state index contributed by atoms with van der Waals surface area (Å²) in [5, 5.41) is 2.99. The molecule has 2 rings (SSSR count).